The maximum Gasteiger partial charge on any atom is 0.329 e. The molecule has 1 amide bonds. The molecular formula is C54H67N3O9. The van der Waals surface area contributed by atoms with Crippen LogP contribution < -0.4 is 5.32 Å². The average Bonchev–Trinajstić information content (AvgIpc) is 4.12. The van der Waals surface area contributed by atoms with Crippen LogP contribution in [0.15, 0.2) is 127 Å². The zero-order valence-electron chi connectivity index (χ0n) is 38.0. The quantitative estimate of drug-likeness (QED) is 0.0696. The van der Waals surface area contributed by atoms with Crippen LogP contribution >= 0.6 is 0 Å². The molecule has 0 bridgehead atoms. The summed E-state index contributed by atoms with van der Waals surface area (Å²) in [5.41, 5.74) is 3.78. The maximum absolute atomic E-state index is 11.9. The summed E-state index contributed by atoms with van der Waals surface area (Å²) in [6.07, 6.45) is 4.39. The van der Waals surface area contributed by atoms with Gasteiger partial charge < -0.3 is 44.9 Å². The van der Waals surface area contributed by atoms with Gasteiger partial charge in [0.1, 0.15) is 13.2 Å². The number of hydrogen-bond acceptors (Lipinski definition) is 10. The van der Waals surface area contributed by atoms with Gasteiger partial charge in [0.2, 0.25) is 5.91 Å². The van der Waals surface area contributed by atoms with E-state index in [1.165, 1.54) is 49.0 Å². The Kier molecular flexibility index (Phi) is 20.8. The normalized spacial score (nSPS) is 18.0. The van der Waals surface area contributed by atoms with Crippen LogP contribution in [0.2, 0.25) is 0 Å². The van der Waals surface area contributed by atoms with Gasteiger partial charge in [0, 0.05) is 39.3 Å². The molecule has 0 spiro atoms. The number of carboxylic acid groups (broad SMARTS) is 1. The molecule has 3 unspecified atom stereocenters. The van der Waals surface area contributed by atoms with Gasteiger partial charge in [0.05, 0.1) is 44.7 Å². The smallest absolute Gasteiger partial charge is 0.329 e. The van der Waals surface area contributed by atoms with Gasteiger partial charge in [-0.3, -0.25) is 9.69 Å². The molecule has 3 saturated heterocycles. The molecule has 3 atom stereocenters. The van der Waals surface area contributed by atoms with Crippen molar-refractivity contribution in [2.45, 2.75) is 56.8 Å². The molecule has 9 rings (SSSR count). The highest BCUT2D eigenvalue weighted by Gasteiger charge is 2.24. The molecule has 3 aliphatic heterocycles. The fourth-order valence-electron chi connectivity index (χ4n) is 8.41. The van der Waals surface area contributed by atoms with Crippen LogP contribution in [0, 0.1) is 0 Å². The standard InChI is InChI=1S/C18H21NO3.C18H23NO2.C14H14O3.C4H9NO/c20-16-8-10-19(12-16)18(21)13-22-11-9-15-6-3-5-14-4-1-2-7-17(14)15;20-17-8-10-19(14-17)11-13-21-12-9-16-6-3-5-15-4-1-2-7-18(15)16;15-14(16)10-17-9-8-12-6-3-5-11-4-1-2-7-13(11)12;6-4-1-2-5-3-4/h1-7,16,20H,8-13H2;1-7,17,20H,8-14H2;1-7H,8-10H2,(H,15,16);4-6H,1-3H2. The third-order valence-corrected chi connectivity index (χ3v) is 12.0. The number of amides is 1. The number of ether oxygens (including phenoxy) is 3. The number of aliphatic hydroxyl groups excluding tert-OH is 3. The minimum Gasteiger partial charge on any atom is -0.480 e. The molecular weight excluding hydrogens is 835 g/mol. The first-order valence-electron chi connectivity index (χ1n) is 23.3. The Morgan fingerprint density at radius 2 is 1.00 bits per heavy atom. The van der Waals surface area contributed by atoms with Crippen LogP contribution in [0.4, 0.5) is 0 Å². The molecule has 0 radical (unpaired) electrons. The number of benzene rings is 6. The van der Waals surface area contributed by atoms with Crippen LogP contribution in [0.3, 0.4) is 0 Å². The summed E-state index contributed by atoms with van der Waals surface area (Å²) in [5.74, 6) is -0.961. The molecule has 5 N–H and O–H groups in total. The van der Waals surface area contributed by atoms with Crippen LogP contribution in [0.1, 0.15) is 36.0 Å². The van der Waals surface area contributed by atoms with Gasteiger partial charge in [-0.2, -0.15) is 0 Å². The minimum atomic E-state index is -0.928. The highest BCUT2D eigenvalue weighted by Crippen LogP contribution is 2.21. The Morgan fingerprint density at radius 3 is 1.42 bits per heavy atom. The van der Waals surface area contributed by atoms with Gasteiger partial charge in [-0.1, -0.05) is 127 Å². The SMILES string of the molecule is O=C(COCCc1cccc2ccccc12)N1CCC(O)C1.O=C(O)COCCc1cccc2ccccc12.OC1CCN(CCOCCc2cccc3ccccc23)C1.OC1CCNC1. The first kappa shape index (κ1) is 50.1. The van der Waals surface area contributed by atoms with Gasteiger partial charge in [0.15, 0.2) is 0 Å². The van der Waals surface area contributed by atoms with Crippen LogP contribution in [-0.2, 0) is 43.1 Å². The number of hydrogen-bond donors (Lipinski definition) is 5. The number of carbonyl (C=O) groups is 2. The first-order chi connectivity index (χ1) is 32.2. The molecule has 0 aromatic heterocycles. The fraction of sp³-hybridized carbons (Fsp3) is 0.407. The lowest BCUT2D eigenvalue weighted by atomic mass is 10.0. The van der Waals surface area contributed by atoms with E-state index in [4.69, 9.17) is 24.4 Å². The summed E-state index contributed by atoms with van der Waals surface area (Å²) in [7, 11) is 0. The molecule has 12 heteroatoms. The number of nitrogens with one attached hydrogen (secondary N) is 1. The van der Waals surface area contributed by atoms with E-state index < -0.39 is 5.97 Å². The lowest BCUT2D eigenvalue weighted by Crippen LogP contribution is -2.32. The lowest BCUT2D eigenvalue weighted by Gasteiger charge is -2.15. The fourth-order valence-corrected chi connectivity index (χ4v) is 8.41. The van der Waals surface area contributed by atoms with E-state index in [-0.39, 0.29) is 37.4 Å². The van der Waals surface area contributed by atoms with Crippen LogP contribution in [-0.4, -0.2) is 146 Å². The Hall–Kier alpha value is -5.28. The molecule has 6 aromatic rings. The predicted molar refractivity (Wildman–Crippen MR) is 261 cm³/mol. The maximum atomic E-state index is 11.9. The molecule has 3 aliphatic rings. The summed E-state index contributed by atoms with van der Waals surface area (Å²) in [6.45, 7) is 7.88. The van der Waals surface area contributed by atoms with Gasteiger partial charge in [0.25, 0.3) is 0 Å². The number of β-amino-alcohol motifs (C(OH)–C–C–N with tert-alkyl or cyclic N) is 3. The Labute approximate surface area is 388 Å². The number of rotatable bonds is 16. The van der Waals surface area contributed by atoms with Crippen molar-refractivity contribution in [3.8, 4) is 0 Å². The second-order valence-electron chi connectivity index (χ2n) is 16.9. The number of aliphatic carboxylic acids is 1. The third-order valence-electron chi connectivity index (χ3n) is 12.0. The molecule has 3 heterocycles. The van der Waals surface area contributed by atoms with E-state index in [0.717, 1.165) is 78.0 Å². The zero-order chi connectivity index (χ0) is 46.4. The predicted octanol–water partition coefficient (Wildman–Crippen LogP) is 6.28. The second kappa shape index (κ2) is 27.4. The van der Waals surface area contributed by atoms with Crippen molar-refractivity contribution >= 4 is 44.2 Å². The molecule has 0 aliphatic carbocycles. The molecule has 0 saturated carbocycles. The molecule has 3 fully saturated rings. The van der Waals surface area contributed by atoms with Gasteiger partial charge >= 0.3 is 5.97 Å². The number of fused-ring (bicyclic) bond motifs is 3. The van der Waals surface area contributed by atoms with E-state index >= 15 is 0 Å². The first-order valence-corrected chi connectivity index (χ1v) is 23.3. The monoisotopic (exact) mass is 901 g/mol. The summed E-state index contributed by atoms with van der Waals surface area (Å²) in [5, 5.41) is 46.5. The number of likely N-dealkylation sites (tertiary alicyclic amines) is 2. The largest absolute Gasteiger partial charge is 0.480 e. The highest BCUT2D eigenvalue weighted by molar-refractivity contribution is 5.87. The second-order valence-corrected chi connectivity index (χ2v) is 16.9. The van der Waals surface area contributed by atoms with Gasteiger partial charge in [-0.15, -0.1) is 0 Å². The van der Waals surface area contributed by atoms with Gasteiger partial charge in [-0.25, -0.2) is 4.79 Å². The van der Waals surface area contributed by atoms with Crippen LogP contribution in [0.25, 0.3) is 32.3 Å². The number of carboxylic acids is 1. The van der Waals surface area contributed by atoms with Crippen molar-refractivity contribution in [1.82, 2.24) is 15.1 Å². The van der Waals surface area contributed by atoms with Crippen molar-refractivity contribution in [2.75, 3.05) is 85.5 Å². The minimum absolute atomic E-state index is 0.0329. The van der Waals surface area contributed by atoms with E-state index in [2.05, 4.69) is 101 Å². The Morgan fingerprint density at radius 1 is 0.530 bits per heavy atom. The van der Waals surface area contributed by atoms with Crippen molar-refractivity contribution in [3.63, 3.8) is 0 Å². The van der Waals surface area contributed by atoms with Crippen molar-refractivity contribution in [1.29, 1.82) is 0 Å². The van der Waals surface area contributed by atoms with E-state index in [1.807, 2.05) is 36.4 Å². The van der Waals surface area contributed by atoms with Gasteiger partial charge in [-0.05, 0) is 94.1 Å². The summed E-state index contributed by atoms with van der Waals surface area (Å²) >= 11 is 0. The third kappa shape index (κ3) is 16.6. The molecule has 6 aromatic carbocycles. The summed E-state index contributed by atoms with van der Waals surface area (Å²) in [4.78, 5) is 26.1. The van der Waals surface area contributed by atoms with Crippen molar-refractivity contribution in [2.24, 2.45) is 0 Å². The summed E-state index contributed by atoms with van der Waals surface area (Å²) < 4.78 is 16.3. The van der Waals surface area contributed by atoms with Crippen molar-refractivity contribution < 1.29 is 44.2 Å². The number of aliphatic hydroxyl groups is 3. The molecule has 352 valence electrons. The molecule has 66 heavy (non-hydrogen) atoms. The van der Waals surface area contributed by atoms with E-state index in [1.54, 1.807) is 4.90 Å². The number of nitrogens with zero attached hydrogens (tertiary/aromatic N) is 2. The topological polar surface area (TPSA) is 161 Å². The van der Waals surface area contributed by atoms with E-state index in [0.29, 0.717) is 32.7 Å². The highest BCUT2D eigenvalue weighted by atomic mass is 16.5. The number of carbonyl (C=O) groups excluding carboxylic acids is 1. The average molecular weight is 902 g/mol. The van der Waals surface area contributed by atoms with E-state index in [9.17, 15) is 19.8 Å². The Balaban J connectivity index is 0.000000155. The molecule has 12 nitrogen and oxygen atoms in total. The zero-order valence-corrected chi connectivity index (χ0v) is 38.0. The van der Waals surface area contributed by atoms with Crippen LogP contribution in [0.5, 0.6) is 0 Å². The lowest BCUT2D eigenvalue weighted by molar-refractivity contribution is -0.142. The summed E-state index contributed by atoms with van der Waals surface area (Å²) in [6, 6.07) is 43.7. The van der Waals surface area contributed by atoms with Crippen molar-refractivity contribution in [3.05, 3.63) is 144 Å². The Bertz CT molecular complexity index is 2370.